The van der Waals surface area contributed by atoms with Gasteiger partial charge >= 0.3 is 6.03 Å². The lowest BCUT2D eigenvalue weighted by atomic mass is 10.3. The van der Waals surface area contributed by atoms with E-state index in [1.54, 1.807) is 31.2 Å². The number of nitrogens with one attached hydrogen (secondary N) is 1. The summed E-state index contributed by atoms with van der Waals surface area (Å²) in [7, 11) is 0. The molecule has 0 aliphatic heterocycles. The minimum atomic E-state index is -0.428. The van der Waals surface area contributed by atoms with Crippen molar-refractivity contribution in [3.8, 4) is 11.5 Å². The largest absolute Gasteiger partial charge is 0.508 e. The minimum absolute atomic E-state index is 0.100. The molecule has 1 unspecified atom stereocenters. The molecule has 21 heavy (non-hydrogen) atoms. The summed E-state index contributed by atoms with van der Waals surface area (Å²) in [5.41, 5.74) is 0. The van der Waals surface area contributed by atoms with Crippen LogP contribution in [0.2, 0.25) is 0 Å². The molecule has 0 saturated heterocycles. The summed E-state index contributed by atoms with van der Waals surface area (Å²) in [6.07, 6.45) is 2.57. The maximum Gasteiger partial charge on any atom is 0.320 e. The third-order valence-corrected chi connectivity index (χ3v) is 3.04. The Bertz CT molecular complexity index is 420. The molecule has 0 heterocycles. The normalized spacial score (nSPS) is 11.8. The molecule has 2 N–H and O–H groups in total. The molecule has 1 rings (SSSR count). The molecule has 1 atom stereocenters. The van der Waals surface area contributed by atoms with E-state index in [0.717, 1.165) is 32.4 Å². The molecule has 0 aliphatic rings. The summed E-state index contributed by atoms with van der Waals surface area (Å²) < 4.78 is 5.60. The lowest BCUT2D eigenvalue weighted by molar-refractivity contribution is 0.152. The fourth-order valence-electron chi connectivity index (χ4n) is 1.96. The molecule has 0 saturated carbocycles. The van der Waals surface area contributed by atoms with Gasteiger partial charge in [-0.05, 0) is 44.0 Å². The van der Waals surface area contributed by atoms with Crippen molar-refractivity contribution in [2.24, 2.45) is 0 Å². The van der Waals surface area contributed by atoms with Crippen LogP contribution in [0.25, 0.3) is 0 Å². The molecule has 1 aromatic carbocycles. The molecular formula is C16H26N2O3. The first-order valence-electron chi connectivity index (χ1n) is 7.58. The number of nitrogens with zero attached hydrogens (tertiary/aromatic N) is 1. The predicted octanol–water partition coefficient (Wildman–Crippen LogP) is 3.34. The monoisotopic (exact) mass is 294 g/mol. The highest BCUT2D eigenvalue weighted by molar-refractivity contribution is 5.74. The van der Waals surface area contributed by atoms with Gasteiger partial charge in [0.15, 0.2) is 6.23 Å². The maximum atomic E-state index is 12.2. The van der Waals surface area contributed by atoms with Crippen molar-refractivity contribution in [2.45, 2.75) is 46.3 Å². The quantitative estimate of drug-likeness (QED) is 0.723. The van der Waals surface area contributed by atoms with Crippen molar-refractivity contribution in [2.75, 3.05) is 13.1 Å². The van der Waals surface area contributed by atoms with Crippen molar-refractivity contribution in [1.82, 2.24) is 10.2 Å². The summed E-state index contributed by atoms with van der Waals surface area (Å²) in [5, 5.41) is 12.1. The van der Waals surface area contributed by atoms with Gasteiger partial charge in [-0.15, -0.1) is 0 Å². The Balaban J connectivity index is 2.48. The number of aromatic hydroxyl groups is 1. The van der Waals surface area contributed by atoms with Gasteiger partial charge in [0, 0.05) is 13.1 Å². The molecule has 1 aromatic rings. The van der Waals surface area contributed by atoms with E-state index in [4.69, 9.17) is 4.74 Å². The minimum Gasteiger partial charge on any atom is -0.508 e. The Kier molecular flexibility index (Phi) is 7.43. The second-order valence-electron chi connectivity index (χ2n) is 5.04. The second kappa shape index (κ2) is 9.10. The van der Waals surface area contributed by atoms with Crippen molar-refractivity contribution in [3.05, 3.63) is 24.3 Å². The Hall–Kier alpha value is -1.91. The molecule has 0 aromatic heterocycles. The third kappa shape index (κ3) is 6.38. The summed E-state index contributed by atoms with van der Waals surface area (Å²) in [6.45, 7) is 7.47. The van der Waals surface area contributed by atoms with Crippen molar-refractivity contribution < 1.29 is 14.6 Å². The SMILES string of the molecule is CCCCN(CCC)C(=O)NC(C)Oc1ccc(O)cc1. The van der Waals surface area contributed by atoms with E-state index in [2.05, 4.69) is 19.2 Å². The number of hydrogen-bond acceptors (Lipinski definition) is 3. The van der Waals surface area contributed by atoms with E-state index in [9.17, 15) is 9.90 Å². The van der Waals surface area contributed by atoms with Gasteiger partial charge in [-0.3, -0.25) is 0 Å². The molecule has 0 bridgehead atoms. The Morgan fingerprint density at radius 2 is 1.90 bits per heavy atom. The van der Waals surface area contributed by atoms with Crippen LogP contribution in [0.4, 0.5) is 4.79 Å². The maximum absolute atomic E-state index is 12.2. The number of rotatable bonds is 8. The van der Waals surface area contributed by atoms with Gasteiger partial charge < -0.3 is 20.1 Å². The van der Waals surface area contributed by atoms with Crippen LogP contribution in [-0.2, 0) is 0 Å². The van der Waals surface area contributed by atoms with Crippen molar-refractivity contribution >= 4 is 6.03 Å². The van der Waals surface area contributed by atoms with E-state index in [1.165, 1.54) is 0 Å². The number of ether oxygens (including phenoxy) is 1. The zero-order valence-corrected chi connectivity index (χ0v) is 13.1. The van der Waals surface area contributed by atoms with E-state index in [-0.39, 0.29) is 11.8 Å². The first-order valence-corrected chi connectivity index (χ1v) is 7.58. The zero-order chi connectivity index (χ0) is 15.7. The van der Waals surface area contributed by atoms with E-state index in [0.29, 0.717) is 5.75 Å². The number of carbonyl (C=O) groups is 1. The van der Waals surface area contributed by atoms with Gasteiger partial charge in [0.2, 0.25) is 0 Å². The molecule has 0 spiro atoms. The lowest BCUT2D eigenvalue weighted by Gasteiger charge is -2.25. The van der Waals surface area contributed by atoms with Crippen LogP contribution in [0, 0.1) is 0 Å². The van der Waals surface area contributed by atoms with Gasteiger partial charge in [0.25, 0.3) is 0 Å². The number of urea groups is 1. The van der Waals surface area contributed by atoms with Crippen LogP contribution < -0.4 is 10.1 Å². The Labute approximate surface area is 126 Å². The smallest absolute Gasteiger partial charge is 0.320 e. The highest BCUT2D eigenvalue weighted by atomic mass is 16.5. The molecule has 5 heteroatoms. The number of carbonyl (C=O) groups excluding carboxylic acids is 1. The van der Waals surface area contributed by atoms with Gasteiger partial charge in [0.05, 0.1) is 0 Å². The summed E-state index contributed by atoms with van der Waals surface area (Å²) in [5.74, 6) is 0.795. The van der Waals surface area contributed by atoms with Crippen LogP contribution in [0.1, 0.15) is 40.0 Å². The Morgan fingerprint density at radius 3 is 2.48 bits per heavy atom. The fourth-order valence-corrected chi connectivity index (χ4v) is 1.96. The van der Waals surface area contributed by atoms with Crippen LogP contribution >= 0.6 is 0 Å². The molecule has 118 valence electrons. The van der Waals surface area contributed by atoms with E-state index in [1.807, 2.05) is 4.90 Å². The van der Waals surface area contributed by atoms with Crippen molar-refractivity contribution in [1.29, 1.82) is 0 Å². The van der Waals surface area contributed by atoms with Crippen molar-refractivity contribution in [3.63, 3.8) is 0 Å². The summed E-state index contributed by atoms with van der Waals surface area (Å²) >= 11 is 0. The molecular weight excluding hydrogens is 268 g/mol. The van der Waals surface area contributed by atoms with Gasteiger partial charge in [0.1, 0.15) is 11.5 Å². The standard InChI is InChI=1S/C16H26N2O3/c1-4-6-12-18(11-5-2)16(20)17-13(3)21-15-9-7-14(19)8-10-15/h7-10,13,19H,4-6,11-12H2,1-3H3,(H,17,20). The first-order chi connectivity index (χ1) is 10.1. The van der Waals surface area contributed by atoms with E-state index >= 15 is 0 Å². The third-order valence-electron chi connectivity index (χ3n) is 3.04. The second-order valence-corrected chi connectivity index (χ2v) is 5.04. The van der Waals surface area contributed by atoms with Gasteiger partial charge in [-0.25, -0.2) is 4.79 Å². The molecule has 0 radical (unpaired) electrons. The van der Waals surface area contributed by atoms with Gasteiger partial charge in [-0.1, -0.05) is 20.3 Å². The van der Waals surface area contributed by atoms with Crippen LogP contribution in [-0.4, -0.2) is 35.4 Å². The molecule has 0 aliphatic carbocycles. The first kappa shape index (κ1) is 17.1. The number of phenolic OH excluding ortho intramolecular Hbond substituents is 1. The zero-order valence-electron chi connectivity index (χ0n) is 13.1. The summed E-state index contributed by atoms with van der Waals surface area (Å²) in [4.78, 5) is 14.0. The average Bonchev–Trinajstić information content (AvgIpc) is 2.45. The van der Waals surface area contributed by atoms with Gasteiger partial charge in [-0.2, -0.15) is 0 Å². The topological polar surface area (TPSA) is 61.8 Å². The average molecular weight is 294 g/mol. The predicted molar refractivity (Wildman–Crippen MR) is 83.5 cm³/mol. The van der Waals surface area contributed by atoms with Crippen LogP contribution in [0.3, 0.4) is 0 Å². The number of benzene rings is 1. The lowest BCUT2D eigenvalue weighted by Crippen LogP contribution is -2.46. The molecule has 5 nitrogen and oxygen atoms in total. The number of phenols is 1. The highest BCUT2D eigenvalue weighted by Crippen LogP contribution is 2.16. The van der Waals surface area contributed by atoms with E-state index < -0.39 is 6.23 Å². The summed E-state index contributed by atoms with van der Waals surface area (Å²) in [6, 6.07) is 6.33. The highest BCUT2D eigenvalue weighted by Gasteiger charge is 2.15. The molecule has 0 fully saturated rings. The number of amides is 2. The molecule has 2 amide bonds. The van der Waals surface area contributed by atoms with Crippen LogP contribution in [0.15, 0.2) is 24.3 Å². The number of unbranched alkanes of at least 4 members (excludes halogenated alkanes) is 1. The fraction of sp³-hybridized carbons (Fsp3) is 0.562. The van der Waals surface area contributed by atoms with Crippen LogP contribution in [0.5, 0.6) is 11.5 Å². The number of hydrogen-bond donors (Lipinski definition) is 2. The Morgan fingerprint density at radius 1 is 1.24 bits per heavy atom.